The van der Waals surface area contributed by atoms with Gasteiger partial charge in [0, 0.05) is 45.8 Å². The second-order valence-electron chi connectivity index (χ2n) is 13.0. The lowest BCUT2D eigenvalue weighted by molar-refractivity contribution is 0.783. The first-order valence-electron chi connectivity index (χ1n) is 17.4. The third kappa shape index (κ3) is 6.10. The molecule has 0 radical (unpaired) electrons. The third-order valence-electron chi connectivity index (χ3n) is 9.80. The predicted molar refractivity (Wildman–Crippen MR) is 192 cm³/mol. The average Bonchev–Trinajstić information content (AvgIpc) is 3.80. The summed E-state index contributed by atoms with van der Waals surface area (Å²) in [4.78, 5) is 14.7. The molecule has 5 rings (SSSR count). The number of rotatable bonds is 12. The molecule has 2 aliphatic heterocycles. The van der Waals surface area contributed by atoms with Crippen molar-refractivity contribution in [1.82, 2.24) is 19.5 Å². The summed E-state index contributed by atoms with van der Waals surface area (Å²) < 4.78 is 2.51. The van der Waals surface area contributed by atoms with Crippen molar-refractivity contribution >= 4 is 46.4 Å². The van der Waals surface area contributed by atoms with Crippen LogP contribution in [-0.4, -0.2) is 19.5 Å². The molecular formula is C40H54N4. The average molecular weight is 591 g/mol. The molecule has 1 N–H and O–H groups in total. The molecule has 0 aromatic carbocycles. The maximum absolute atomic E-state index is 5.40. The second-order valence-corrected chi connectivity index (χ2v) is 13.0. The molecule has 0 saturated heterocycles. The van der Waals surface area contributed by atoms with Gasteiger partial charge in [-0.2, -0.15) is 0 Å². The van der Waals surface area contributed by atoms with Crippen LogP contribution in [0.25, 0.3) is 46.4 Å². The Kier molecular flexibility index (Phi) is 10.3. The fourth-order valence-corrected chi connectivity index (χ4v) is 7.19. The number of nitrogens with one attached hydrogen (secondary N) is 1. The van der Waals surface area contributed by atoms with Gasteiger partial charge in [0.2, 0.25) is 0 Å². The summed E-state index contributed by atoms with van der Waals surface area (Å²) in [5, 5.41) is 0. The molecular weight excluding hydrogens is 536 g/mol. The quantitative estimate of drug-likeness (QED) is 0.157. The zero-order valence-corrected chi connectivity index (χ0v) is 28.7. The summed E-state index contributed by atoms with van der Waals surface area (Å²) in [6.07, 6.45) is 22.4. The number of nitrogens with zero attached hydrogens (tertiary/aromatic N) is 3. The minimum absolute atomic E-state index is 0.992. The Hall–Kier alpha value is -3.40. The molecule has 44 heavy (non-hydrogen) atoms. The summed E-state index contributed by atoms with van der Waals surface area (Å²) in [6, 6.07) is 2.38. The van der Waals surface area contributed by atoms with Gasteiger partial charge < -0.3 is 9.55 Å². The summed E-state index contributed by atoms with van der Waals surface area (Å²) in [5.41, 5.74) is 19.1. The van der Waals surface area contributed by atoms with Gasteiger partial charge in [0.25, 0.3) is 0 Å². The van der Waals surface area contributed by atoms with E-state index in [0.717, 1.165) is 87.0 Å². The van der Waals surface area contributed by atoms with Crippen LogP contribution >= 0.6 is 0 Å². The zero-order chi connectivity index (χ0) is 31.4. The van der Waals surface area contributed by atoms with Gasteiger partial charge in [0.05, 0.1) is 22.8 Å². The molecule has 0 fully saturated rings. The molecule has 0 aliphatic carbocycles. The monoisotopic (exact) mass is 590 g/mol. The molecule has 4 heteroatoms. The highest BCUT2D eigenvalue weighted by molar-refractivity contribution is 5.87. The molecule has 3 aromatic rings. The summed E-state index contributed by atoms with van der Waals surface area (Å²) in [6.45, 7) is 16.1. The number of hydrogen-bond donors (Lipinski definition) is 1. The van der Waals surface area contributed by atoms with E-state index in [2.05, 4.69) is 95.4 Å². The van der Waals surface area contributed by atoms with Gasteiger partial charge in [-0.1, -0.05) is 53.4 Å². The topological polar surface area (TPSA) is 46.5 Å². The highest BCUT2D eigenvalue weighted by Gasteiger charge is 2.20. The van der Waals surface area contributed by atoms with Crippen LogP contribution in [0.5, 0.6) is 0 Å². The number of aryl methyl sites for hydroxylation is 7. The molecule has 234 valence electrons. The first-order chi connectivity index (χ1) is 21.3. The maximum atomic E-state index is 5.40. The van der Waals surface area contributed by atoms with Crippen molar-refractivity contribution in [2.24, 2.45) is 7.05 Å². The normalized spacial score (nSPS) is 12.5. The van der Waals surface area contributed by atoms with Crippen LogP contribution in [-0.2, 0) is 32.7 Å². The van der Waals surface area contributed by atoms with Crippen LogP contribution in [0.1, 0.15) is 141 Å². The highest BCUT2D eigenvalue weighted by Crippen LogP contribution is 2.34. The van der Waals surface area contributed by atoms with E-state index in [4.69, 9.17) is 9.97 Å². The van der Waals surface area contributed by atoms with E-state index in [1.165, 1.54) is 73.9 Å². The zero-order valence-electron chi connectivity index (χ0n) is 28.7. The van der Waals surface area contributed by atoms with Crippen LogP contribution < -0.4 is 0 Å². The van der Waals surface area contributed by atoms with Crippen molar-refractivity contribution in [3.63, 3.8) is 0 Å². The lowest BCUT2D eigenvalue weighted by atomic mass is 10.0. The Morgan fingerprint density at radius 2 is 0.977 bits per heavy atom. The van der Waals surface area contributed by atoms with Crippen molar-refractivity contribution in [2.45, 2.75) is 126 Å². The number of H-pyrrole nitrogens is 1. The van der Waals surface area contributed by atoms with Crippen molar-refractivity contribution < 1.29 is 0 Å². The Morgan fingerprint density at radius 1 is 0.568 bits per heavy atom. The minimum atomic E-state index is 0.992. The molecule has 4 nitrogen and oxygen atoms in total. The van der Waals surface area contributed by atoms with E-state index in [1.54, 1.807) is 0 Å². The molecule has 0 saturated carbocycles. The highest BCUT2D eigenvalue weighted by atomic mass is 15.0. The van der Waals surface area contributed by atoms with Crippen molar-refractivity contribution in [2.75, 3.05) is 0 Å². The van der Waals surface area contributed by atoms with Gasteiger partial charge in [-0.3, -0.25) is 0 Å². The fourth-order valence-electron chi connectivity index (χ4n) is 7.19. The molecule has 2 aliphatic rings. The van der Waals surface area contributed by atoms with Crippen molar-refractivity contribution in [3.8, 4) is 0 Å². The lowest BCUT2D eigenvalue weighted by Crippen LogP contribution is -2.00. The van der Waals surface area contributed by atoms with E-state index >= 15 is 0 Å². The first-order valence-corrected chi connectivity index (χ1v) is 17.4. The predicted octanol–water partition coefficient (Wildman–Crippen LogP) is 11.0. The third-order valence-corrected chi connectivity index (χ3v) is 9.80. The summed E-state index contributed by atoms with van der Waals surface area (Å²) >= 11 is 0. The van der Waals surface area contributed by atoms with E-state index in [1.807, 2.05) is 0 Å². The van der Waals surface area contributed by atoms with Crippen LogP contribution in [0.15, 0.2) is 6.07 Å². The smallest absolute Gasteiger partial charge is 0.0691 e. The summed E-state index contributed by atoms with van der Waals surface area (Å²) in [5.74, 6) is 0. The van der Waals surface area contributed by atoms with Gasteiger partial charge in [-0.05, 0) is 125 Å². The molecule has 0 unspecified atom stereocenters. The Bertz CT molecular complexity index is 1740. The van der Waals surface area contributed by atoms with E-state index in [-0.39, 0.29) is 0 Å². The van der Waals surface area contributed by atoms with E-state index in [0.29, 0.717) is 0 Å². The number of aromatic amines is 1. The molecule has 0 spiro atoms. The van der Waals surface area contributed by atoms with Crippen LogP contribution in [0.3, 0.4) is 0 Å². The standard InChI is InChI=1S/C40H54N4/c1-9-13-17-29-33-21-22-35(41-33)30(18-14-10-2)37-25-26(5)38(43-37)32(20-16-12-4)40-28(7)27(6)39(44(40)8)31(19-15-11-3)36-24-23-34(29)42-36/h21-25,43H,9-20H2,1-8H3. The first kappa shape index (κ1) is 32.0. The van der Waals surface area contributed by atoms with Crippen molar-refractivity contribution in [3.05, 3.63) is 67.8 Å². The SMILES string of the molecule is CCCCc1c2nc(c(CCCC)c3cc(C)c([nH]3)c(CCCC)c3c(C)c(C)c(c(CCCC)c4nc1C=C4)n3C)C=C2. The van der Waals surface area contributed by atoms with Gasteiger partial charge >= 0.3 is 0 Å². The number of aromatic nitrogens is 4. The number of unbranched alkanes of at least 4 members (excludes halogenated alkanes) is 4. The Labute approximate surface area is 265 Å². The molecule has 5 heterocycles. The van der Waals surface area contributed by atoms with Gasteiger partial charge in [0.1, 0.15) is 0 Å². The second kappa shape index (κ2) is 14.1. The van der Waals surface area contributed by atoms with E-state index < -0.39 is 0 Å². The van der Waals surface area contributed by atoms with Crippen molar-refractivity contribution in [1.29, 1.82) is 0 Å². The Balaban J connectivity index is 2.03. The van der Waals surface area contributed by atoms with Gasteiger partial charge in [-0.15, -0.1) is 0 Å². The van der Waals surface area contributed by atoms with E-state index in [9.17, 15) is 0 Å². The molecule has 0 atom stereocenters. The Morgan fingerprint density at radius 3 is 1.50 bits per heavy atom. The maximum Gasteiger partial charge on any atom is 0.0691 e. The molecule has 3 aromatic heterocycles. The molecule has 8 bridgehead atoms. The fraction of sp³-hybridized carbons (Fsp3) is 0.500. The van der Waals surface area contributed by atoms with Crippen LogP contribution in [0.4, 0.5) is 0 Å². The van der Waals surface area contributed by atoms with Crippen LogP contribution in [0, 0.1) is 20.8 Å². The molecule has 0 amide bonds. The number of fused-ring (bicyclic) bond motifs is 8. The summed E-state index contributed by atoms with van der Waals surface area (Å²) in [7, 11) is 2.29. The van der Waals surface area contributed by atoms with Gasteiger partial charge in [-0.25, -0.2) is 9.97 Å². The lowest BCUT2D eigenvalue weighted by Gasteiger charge is -2.10. The largest absolute Gasteiger partial charge is 0.355 e. The van der Waals surface area contributed by atoms with Gasteiger partial charge in [0.15, 0.2) is 0 Å². The number of hydrogen-bond acceptors (Lipinski definition) is 2. The minimum Gasteiger partial charge on any atom is -0.355 e. The van der Waals surface area contributed by atoms with Crippen LogP contribution in [0.2, 0.25) is 0 Å².